The second kappa shape index (κ2) is 5.81. The van der Waals surface area contributed by atoms with Gasteiger partial charge in [-0.1, -0.05) is 12.1 Å². The first kappa shape index (κ1) is 13.5. The lowest BCUT2D eigenvalue weighted by Gasteiger charge is -2.24. The second-order valence-corrected chi connectivity index (χ2v) is 5.47. The number of rotatable bonds is 5. The lowest BCUT2D eigenvalue weighted by Crippen LogP contribution is -2.28. The minimum Gasteiger partial charge on any atom is -0.390 e. The van der Waals surface area contributed by atoms with Gasteiger partial charge in [-0.15, -0.1) is 0 Å². The van der Waals surface area contributed by atoms with Crippen LogP contribution in [0, 0.1) is 5.82 Å². The van der Waals surface area contributed by atoms with E-state index in [0.717, 1.165) is 37.9 Å². The van der Waals surface area contributed by atoms with Gasteiger partial charge in [0, 0.05) is 13.0 Å². The second-order valence-electron chi connectivity index (χ2n) is 5.47. The van der Waals surface area contributed by atoms with Crippen molar-refractivity contribution in [1.29, 1.82) is 0 Å². The smallest absolute Gasteiger partial charge is 0.123 e. The van der Waals surface area contributed by atoms with Crippen molar-refractivity contribution < 1.29 is 14.2 Å². The van der Waals surface area contributed by atoms with Crippen LogP contribution in [0.4, 0.5) is 4.39 Å². The van der Waals surface area contributed by atoms with Crippen molar-refractivity contribution in [2.45, 2.75) is 50.7 Å². The fourth-order valence-electron chi connectivity index (χ4n) is 2.47. The summed E-state index contributed by atoms with van der Waals surface area (Å²) in [4.78, 5) is 0. The van der Waals surface area contributed by atoms with E-state index in [9.17, 15) is 9.50 Å². The molecule has 0 bridgehead atoms. The minimum absolute atomic E-state index is 0.238. The zero-order chi connectivity index (χ0) is 13.0. The van der Waals surface area contributed by atoms with E-state index in [1.54, 1.807) is 12.1 Å². The first-order chi connectivity index (χ1) is 8.55. The van der Waals surface area contributed by atoms with E-state index in [-0.39, 0.29) is 5.82 Å². The highest BCUT2D eigenvalue weighted by Crippen LogP contribution is 2.24. The zero-order valence-electron chi connectivity index (χ0n) is 10.9. The highest BCUT2D eigenvalue weighted by atomic mass is 19.1. The minimum atomic E-state index is -0.746. The highest BCUT2D eigenvalue weighted by molar-refractivity contribution is 5.17. The van der Waals surface area contributed by atoms with Crippen molar-refractivity contribution >= 4 is 0 Å². The van der Waals surface area contributed by atoms with E-state index in [4.69, 9.17) is 4.74 Å². The summed E-state index contributed by atoms with van der Waals surface area (Å²) in [6, 6.07) is 6.34. The van der Waals surface area contributed by atoms with Crippen molar-refractivity contribution in [3.8, 4) is 0 Å². The van der Waals surface area contributed by atoms with Crippen molar-refractivity contribution in [3.63, 3.8) is 0 Å². The lowest BCUT2D eigenvalue weighted by atomic mass is 9.90. The Morgan fingerprint density at radius 1 is 1.39 bits per heavy atom. The Balaban J connectivity index is 1.83. The lowest BCUT2D eigenvalue weighted by molar-refractivity contribution is 0.0254. The topological polar surface area (TPSA) is 29.5 Å². The predicted octanol–water partition coefficient (Wildman–Crippen LogP) is 3.08. The largest absolute Gasteiger partial charge is 0.390 e. The van der Waals surface area contributed by atoms with Gasteiger partial charge in [-0.25, -0.2) is 4.39 Å². The summed E-state index contributed by atoms with van der Waals surface area (Å²) >= 11 is 0. The van der Waals surface area contributed by atoms with Crippen molar-refractivity contribution in [1.82, 2.24) is 0 Å². The fraction of sp³-hybridized carbons (Fsp3) is 0.600. The summed E-state index contributed by atoms with van der Waals surface area (Å²) in [5.41, 5.74) is 0.220. The molecule has 2 rings (SSSR count). The molecule has 0 aromatic heterocycles. The van der Waals surface area contributed by atoms with Gasteiger partial charge in [0.2, 0.25) is 0 Å². The van der Waals surface area contributed by atoms with E-state index in [1.807, 2.05) is 6.92 Å². The Morgan fingerprint density at radius 2 is 2.11 bits per heavy atom. The quantitative estimate of drug-likeness (QED) is 0.872. The maximum absolute atomic E-state index is 12.8. The molecule has 1 heterocycles. The van der Waals surface area contributed by atoms with Gasteiger partial charge in [0.25, 0.3) is 0 Å². The predicted molar refractivity (Wildman–Crippen MR) is 68.9 cm³/mol. The van der Waals surface area contributed by atoms with Crippen molar-refractivity contribution in [3.05, 3.63) is 35.6 Å². The number of hydrogen-bond donors (Lipinski definition) is 1. The Kier molecular flexibility index (Phi) is 4.36. The molecule has 2 unspecified atom stereocenters. The average molecular weight is 252 g/mol. The van der Waals surface area contributed by atoms with Crippen LogP contribution in [-0.4, -0.2) is 23.4 Å². The Labute approximate surface area is 108 Å². The number of benzene rings is 1. The Hall–Kier alpha value is -0.930. The van der Waals surface area contributed by atoms with Crippen LogP contribution >= 0.6 is 0 Å². The average Bonchev–Trinajstić information content (AvgIpc) is 2.83. The maximum atomic E-state index is 12.8. The molecule has 0 spiro atoms. The number of ether oxygens (including phenoxy) is 1. The van der Waals surface area contributed by atoms with Gasteiger partial charge in [0.15, 0.2) is 0 Å². The van der Waals surface area contributed by atoms with Gasteiger partial charge in [0.1, 0.15) is 5.82 Å². The van der Waals surface area contributed by atoms with Gasteiger partial charge < -0.3 is 9.84 Å². The summed E-state index contributed by atoms with van der Waals surface area (Å²) in [5, 5.41) is 10.3. The van der Waals surface area contributed by atoms with Crippen LogP contribution in [0.3, 0.4) is 0 Å². The molecule has 0 aliphatic carbocycles. The van der Waals surface area contributed by atoms with Crippen LogP contribution in [0.2, 0.25) is 0 Å². The first-order valence-corrected chi connectivity index (χ1v) is 6.64. The molecule has 18 heavy (non-hydrogen) atoms. The van der Waals surface area contributed by atoms with Crippen LogP contribution in [0.1, 0.15) is 38.2 Å². The summed E-state index contributed by atoms with van der Waals surface area (Å²) in [6.45, 7) is 2.69. The molecular weight excluding hydrogens is 231 g/mol. The molecule has 1 aliphatic heterocycles. The zero-order valence-corrected chi connectivity index (χ0v) is 10.9. The van der Waals surface area contributed by atoms with E-state index >= 15 is 0 Å². The SMILES string of the molecule is CC(O)(CCC1CCCO1)Cc1ccc(F)cc1. The van der Waals surface area contributed by atoms with E-state index < -0.39 is 5.60 Å². The molecule has 2 atom stereocenters. The van der Waals surface area contributed by atoms with E-state index in [0.29, 0.717) is 12.5 Å². The molecule has 2 nitrogen and oxygen atoms in total. The van der Waals surface area contributed by atoms with Crippen LogP contribution < -0.4 is 0 Å². The molecule has 0 saturated carbocycles. The molecule has 1 saturated heterocycles. The monoisotopic (exact) mass is 252 g/mol. The summed E-state index contributed by atoms with van der Waals surface area (Å²) in [6.07, 6.45) is 4.71. The molecule has 100 valence electrons. The van der Waals surface area contributed by atoms with Crippen LogP contribution in [0.25, 0.3) is 0 Å². The maximum Gasteiger partial charge on any atom is 0.123 e. The van der Waals surface area contributed by atoms with Gasteiger partial charge in [-0.2, -0.15) is 0 Å². The van der Waals surface area contributed by atoms with Gasteiger partial charge in [-0.3, -0.25) is 0 Å². The van der Waals surface area contributed by atoms with Crippen LogP contribution in [0.5, 0.6) is 0 Å². The third-order valence-corrected chi connectivity index (χ3v) is 3.53. The van der Waals surface area contributed by atoms with Crippen LogP contribution in [-0.2, 0) is 11.2 Å². The van der Waals surface area contributed by atoms with E-state index in [2.05, 4.69) is 0 Å². The third kappa shape index (κ3) is 4.07. The molecule has 1 fully saturated rings. The number of halogens is 1. The Morgan fingerprint density at radius 3 is 2.72 bits per heavy atom. The van der Waals surface area contributed by atoms with Gasteiger partial charge >= 0.3 is 0 Å². The molecule has 1 aromatic rings. The van der Waals surface area contributed by atoms with Crippen LogP contribution in [0.15, 0.2) is 24.3 Å². The molecule has 0 radical (unpaired) electrons. The summed E-state index contributed by atoms with van der Waals surface area (Å²) in [7, 11) is 0. The summed E-state index contributed by atoms with van der Waals surface area (Å²) < 4.78 is 18.3. The van der Waals surface area contributed by atoms with Gasteiger partial charge in [-0.05, 0) is 50.3 Å². The Bertz CT molecular complexity index is 367. The van der Waals surface area contributed by atoms with E-state index in [1.165, 1.54) is 12.1 Å². The first-order valence-electron chi connectivity index (χ1n) is 6.64. The molecular formula is C15H21FO2. The normalized spacial score (nSPS) is 22.9. The number of aliphatic hydroxyl groups is 1. The molecule has 1 aromatic carbocycles. The van der Waals surface area contributed by atoms with Gasteiger partial charge in [0.05, 0.1) is 11.7 Å². The molecule has 1 N–H and O–H groups in total. The summed E-state index contributed by atoms with van der Waals surface area (Å²) in [5.74, 6) is -0.238. The van der Waals surface area contributed by atoms with Crippen molar-refractivity contribution in [2.24, 2.45) is 0 Å². The highest BCUT2D eigenvalue weighted by Gasteiger charge is 2.24. The number of hydrogen-bond acceptors (Lipinski definition) is 2. The standard InChI is InChI=1S/C15H21FO2/c1-15(17,9-8-14-3-2-10-18-14)11-12-4-6-13(16)7-5-12/h4-7,14,17H,2-3,8-11H2,1H3. The van der Waals surface area contributed by atoms with Crippen molar-refractivity contribution in [2.75, 3.05) is 6.61 Å². The molecule has 1 aliphatic rings. The third-order valence-electron chi connectivity index (χ3n) is 3.53. The fourth-order valence-corrected chi connectivity index (χ4v) is 2.47. The molecule has 3 heteroatoms. The molecule has 0 amide bonds.